The highest BCUT2D eigenvalue weighted by atomic mass is 16.3. The topological polar surface area (TPSA) is 98.7 Å². The number of rotatable bonds is 2. The van der Waals surface area contributed by atoms with Crippen molar-refractivity contribution >= 4 is 11.8 Å². The van der Waals surface area contributed by atoms with Gasteiger partial charge in [0, 0.05) is 0 Å². The predicted molar refractivity (Wildman–Crippen MR) is 105 cm³/mol. The Morgan fingerprint density at radius 1 is 0.679 bits per heavy atom. The first-order valence-corrected chi connectivity index (χ1v) is 10.7. The van der Waals surface area contributed by atoms with Gasteiger partial charge in [-0.25, -0.2) is 0 Å². The van der Waals surface area contributed by atoms with E-state index in [0.29, 0.717) is 12.8 Å². The Morgan fingerprint density at radius 2 is 1.00 bits per heavy atom. The Kier molecular flexibility index (Phi) is 3.82. The molecule has 0 unspecified atom stereocenters. The molecule has 0 heterocycles. The molecule has 6 nitrogen and oxygen atoms in total. The molecule has 0 saturated heterocycles. The maximum Gasteiger partial charge on any atom is 0.245 e. The number of amides is 2. The Labute approximate surface area is 167 Å². The van der Waals surface area contributed by atoms with E-state index in [1.54, 1.807) is 0 Å². The van der Waals surface area contributed by atoms with E-state index in [2.05, 4.69) is 52.4 Å². The second-order valence-corrected chi connectivity index (χ2v) is 11.6. The molecule has 0 aromatic carbocycles. The second-order valence-electron chi connectivity index (χ2n) is 11.6. The number of hydrogen-bond acceptors (Lipinski definition) is 4. The van der Waals surface area contributed by atoms with Gasteiger partial charge < -0.3 is 10.2 Å². The highest BCUT2D eigenvalue weighted by Crippen LogP contribution is 2.73. The third kappa shape index (κ3) is 1.83. The average Bonchev–Trinajstić information content (AvgIpc) is 3.07. The van der Waals surface area contributed by atoms with Crippen LogP contribution in [0.4, 0.5) is 0 Å². The molecular weight excluding hydrogens is 356 g/mol. The van der Waals surface area contributed by atoms with Crippen LogP contribution in [0, 0.1) is 32.5 Å². The van der Waals surface area contributed by atoms with Crippen LogP contribution < -0.4 is 10.9 Å². The van der Waals surface area contributed by atoms with Gasteiger partial charge in [-0.05, 0) is 60.2 Å². The summed E-state index contributed by atoms with van der Waals surface area (Å²) in [6, 6.07) is 0. The third-order valence-corrected chi connectivity index (χ3v) is 11.1. The Balaban J connectivity index is 1.52. The van der Waals surface area contributed by atoms with Crippen LogP contribution in [0.1, 0.15) is 80.1 Å². The standard InChI is InChI=1S/C22H36N2O4/c1-17(2)19(5)7-9-21(17,11-13(19)25)15(27)23-24-16(28)22-10-8-20(6,14(26)12-22)18(22,3)4/h13-14,25-26H,7-12H2,1-6H3,(H,23,27)(H,24,28)/t13-,14+,19-,20+,21-,22-/m0/s1. The molecule has 158 valence electrons. The van der Waals surface area contributed by atoms with Gasteiger partial charge in [-0.15, -0.1) is 0 Å². The minimum Gasteiger partial charge on any atom is -0.393 e. The molecule has 0 aromatic heterocycles. The number of hydrogen-bond donors (Lipinski definition) is 4. The fourth-order valence-electron chi connectivity index (χ4n) is 7.61. The average molecular weight is 393 g/mol. The van der Waals surface area contributed by atoms with Crippen molar-refractivity contribution < 1.29 is 19.8 Å². The normalized spacial score (nSPS) is 50.0. The highest BCUT2D eigenvalue weighted by molar-refractivity contribution is 5.90. The molecule has 4 aliphatic carbocycles. The van der Waals surface area contributed by atoms with Crippen LogP contribution in [-0.4, -0.2) is 34.2 Å². The zero-order valence-electron chi connectivity index (χ0n) is 18.1. The summed E-state index contributed by atoms with van der Waals surface area (Å²) in [5.41, 5.74) is 2.87. The minimum absolute atomic E-state index is 0.195. The van der Waals surface area contributed by atoms with Gasteiger partial charge in [0.15, 0.2) is 0 Å². The predicted octanol–water partition coefficient (Wildman–Crippen LogP) is 2.29. The van der Waals surface area contributed by atoms with E-state index in [4.69, 9.17) is 0 Å². The van der Waals surface area contributed by atoms with Crippen LogP contribution in [0.25, 0.3) is 0 Å². The van der Waals surface area contributed by atoms with Crippen LogP contribution in [0.15, 0.2) is 0 Å². The lowest BCUT2D eigenvalue weighted by Crippen LogP contribution is -2.56. The summed E-state index contributed by atoms with van der Waals surface area (Å²) in [4.78, 5) is 26.5. The molecule has 4 saturated carbocycles. The van der Waals surface area contributed by atoms with Crippen molar-refractivity contribution in [1.82, 2.24) is 10.9 Å². The molecule has 4 rings (SSSR count). The van der Waals surface area contributed by atoms with Crippen molar-refractivity contribution in [3.05, 3.63) is 0 Å². The van der Waals surface area contributed by atoms with Gasteiger partial charge in [-0.1, -0.05) is 41.5 Å². The van der Waals surface area contributed by atoms with Crippen LogP contribution >= 0.6 is 0 Å². The van der Waals surface area contributed by atoms with E-state index < -0.39 is 23.0 Å². The van der Waals surface area contributed by atoms with Crippen molar-refractivity contribution in [1.29, 1.82) is 0 Å². The minimum atomic E-state index is -0.666. The van der Waals surface area contributed by atoms with E-state index in [1.807, 2.05) is 0 Å². The number of aliphatic hydroxyl groups excluding tert-OH is 2. The van der Waals surface area contributed by atoms with Crippen molar-refractivity contribution in [2.24, 2.45) is 32.5 Å². The monoisotopic (exact) mass is 392 g/mol. The summed E-state index contributed by atoms with van der Waals surface area (Å²) in [5.74, 6) is -0.390. The molecule has 4 aliphatic rings. The molecule has 28 heavy (non-hydrogen) atoms. The van der Waals surface area contributed by atoms with Gasteiger partial charge in [0.2, 0.25) is 11.8 Å². The number of fused-ring (bicyclic) bond motifs is 4. The number of carbonyl (C=O) groups is 2. The maximum absolute atomic E-state index is 13.3. The van der Waals surface area contributed by atoms with Crippen LogP contribution in [0.3, 0.4) is 0 Å². The fraction of sp³-hybridized carbons (Fsp3) is 0.909. The summed E-state index contributed by atoms with van der Waals surface area (Å²) in [6.07, 6.45) is 2.93. The van der Waals surface area contributed by atoms with Gasteiger partial charge >= 0.3 is 0 Å². The summed E-state index contributed by atoms with van der Waals surface area (Å²) in [7, 11) is 0. The Bertz CT molecular complexity index is 687. The molecule has 6 heteroatoms. The molecule has 0 aromatic rings. The van der Waals surface area contributed by atoms with Gasteiger partial charge in [0.25, 0.3) is 0 Å². The number of nitrogens with one attached hydrogen (secondary N) is 2. The van der Waals surface area contributed by atoms with E-state index in [1.165, 1.54) is 0 Å². The summed E-state index contributed by atoms with van der Waals surface area (Å²) in [5, 5.41) is 21.2. The van der Waals surface area contributed by atoms with Crippen molar-refractivity contribution in [2.75, 3.05) is 0 Å². The highest BCUT2D eigenvalue weighted by Gasteiger charge is 2.73. The Hall–Kier alpha value is -1.14. The lowest BCUT2D eigenvalue weighted by Gasteiger charge is -2.41. The smallest absolute Gasteiger partial charge is 0.245 e. The molecule has 2 amide bonds. The fourth-order valence-corrected chi connectivity index (χ4v) is 7.61. The lowest BCUT2D eigenvalue weighted by molar-refractivity contribution is -0.145. The molecule has 0 radical (unpaired) electrons. The van der Waals surface area contributed by atoms with Crippen molar-refractivity contribution in [2.45, 2.75) is 92.3 Å². The van der Waals surface area contributed by atoms with E-state index in [0.717, 1.165) is 25.7 Å². The first kappa shape index (κ1) is 20.1. The summed E-state index contributed by atoms with van der Waals surface area (Å²) in [6.45, 7) is 12.4. The molecule has 4 fully saturated rings. The zero-order valence-corrected chi connectivity index (χ0v) is 18.1. The van der Waals surface area contributed by atoms with Crippen LogP contribution in [0.5, 0.6) is 0 Å². The van der Waals surface area contributed by atoms with Gasteiger partial charge in [-0.3, -0.25) is 20.4 Å². The molecule has 6 atom stereocenters. The second kappa shape index (κ2) is 5.31. The van der Waals surface area contributed by atoms with Gasteiger partial charge in [0.05, 0.1) is 23.0 Å². The van der Waals surface area contributed by atoms with Crippen LogP contribution in [0.2, 0.25) is 0 Å². The zero-order chi connectivity index (χ0) is 21.0. The lowest BCUT2D eigenvalue weighted by atomic mass is 9.64. The maximum atomic E-state index is 13.3. The molecule has 0 spiro atoms. The number of aliphatic hydroxyl groups is 2. The summed E-state index contributed by atoms with van der Waals surface area (Å²) >= 11 is 0. The van der Waals surface area contributed by atoms with E-state index in [-0.39, 0.29) is 33.5 Å². The third-order valence-electron chi connectivity index (χ3n) is 11.1. The van der Waals surface area contributed by atoms with Crippen molar-refractivity contribution in [3.8, 4) is 0 Å². The van der Waals surface area contributed by atoms with E-state index >= 15 is 0 Å². The number of carbonyl (C=O) groups excluding carboxylic acids is 2. The van der Waals surface area contributed by atoms with Crippen LogP contribution in [-0.2, 0) is 9.59 Å². The first-order chi connectivity index (χ1) is 12.7. The van der Waals surface area contributed by atoms with Gasteiger partial charge in [-0.2, -0.15) is 0 Å². The quantitative estimate of drug-likeness (QED) is 0.542. The SMILES string of the molecule is CC1(C)[C@@]2(C(=O)NNC(=O)[C@]34CC[C@](C)([C@H](O)C3)C4(C)C)CC[C@@]1(C)[C@@H](O)C2. The first-order valence-electron chi connectivity index (χ1n) is 10.7. The summed E-state index contributed by atoms with van der Waals surface area (Å²) < 4.78 is 0. The van der Waals surface area contributed by atoms with E-state index in [9.17, 15) is 19.8 Å². The molecule has 4 bridgehead atoms. The molecule has 4 N–H and O–H groups in total. The van der Waals surface area contributed by atoms with Crippen molar-refractivity contribution in [3.63, 3.8) is 0 Å². The Morgan fingerprint density at radius 3 is 1.21 bits per heavy atom. The number of hydrazine groups is 1. The molecule has 0 aliphatic heterocycles. The molecular formula is C22H36N2O4. The van der Waals surface area contributed by atoms with Gasteiger partial charge in [0.1, 0.15) is 0 Å². The largest absolute Gasteiger partial charge is 0.393 e.